The van der Waals surface area contributed by atoms with E-state index >= 15 is 0 Å². The summed E-state index contributed by atoms with van der Waals surface area (Å²) in [5, 5.41) is 0. The molecule has 3 saturated heterocycles. The van der Waals surface area contributed by atoms with Gasteiger partial charge in [0.25, 0.3) is 0 Å². The number of ether oxygens (including phenoxy) is 3. The fourth-order valence-corrected chi connectivity index (χ4v) is 5.36. The Morgan fingerprint density at radius 3 is 2.65 bits per heavy atom. The highest BCUT2D eigenvalue weighted by atomic mass is 32.1. The van der Waals surface area contributed by atoms with Crippen LogP contribution in [0.1, 0.15) is 29.5 Å². The summed E-state index contributed by atoms with van der Waals surface area (Å²) in [5.41, 5.74) is -0.113. The predicted octanol–water partition coefficient (Wildman–Crippen LogP) is 2.39. The van der Waals surface area contributed by atoms with Crippen molar-refractivity contribution in [3.05, 3.63) is 21.9 Å². The molecule has 6 heteroatoms. The normalized spacial score (nSPS) is 31.5. The highest BCUT2D eigenvalue weighted by Gasteiger charge is 2.43. The molecule has 1 spiro atoms. The van der Waals surface area contributed by atoms with Crippen molar-refractivity contribution in [3.8, 4) is 0 Å². The average Bonchev–Trinajstić information content (AvgIpc) is 3.21. The molecule has 5 nitrogen and oxygen atoms in total. The molecular formula is C20H32N2O3S. The van der Waals surface area contributed by atoms with Crippen LogP contribution < -0.4 is 0 Å². The summed E-state index contributed by atoms with van der Waals surface area (Å²) in [6.45, 7) is 11.6. The maximum Gasteiger partial charge on any atom is 0.105 e. The minimum atomic E-state index is -0.113. The largest absolute Gasteiger partial charge is 0.379 e. The lowest BCUT2D eigenvalue weighted by atomic mass is 10.00. The number of hydrogen-bond donors (Lipinski definition) is 0. The summed E-state index contributed by atoms with van der Waals surface area (Å²) in [4.78, 5) is 7.96. The number of thiophene rings is 1. The van der Waals surface area contributed by atoms with Crippen molar-refractivity contribution in [2.24, 2.45) is 0 Å². The smallest absolute Gasteiger partial charge is 0.105 e. The summed E-state index contributed by atoms with van der Waals surface area (Å²) < 4.78 is 18.1. The van der Waals surface area contributed by atoms with Crippen molar-refractivity contribution in [1.82, 2.24) is 9.80 Å². The quantitative estimate of drug-likeness (QED) is 0.784. The van der Waals surface area contributed by atoms with Crippen LogP contribution in [0.25, 0.3) is 0 Å². The average molecular weight is 381 g/mol. The maximum absolute atomic E-state index is 6.62. The van der Waals surface area contributed by atoms with E-state index in [2.05, 4.69) is 28.9 Å². The summed E-state index contributed by atoms with van der Waals surface area (Å²) in [6.07, 6.45) is 3.73. The topological polar surface area (TPSA) is 34.2 Å². The van der Waals surface area contributed by atoms with Crippen molar-refractivity contribution in [2.75, 3.05) is 59.2 Å². The summed E-state index contributed by atoms with van der Waals surface area (Å²) in [5.74, 6) is 0. The molecule has 26 heavy (non-hydrogen) atoms. The molecule has 0 unspecified atom stereocenters. The van der Waals surface area contributed by atoms with E-state index in [0.717, 1.165) is 85.0 Å². The Morgan fingerprint density at radius 1 is 1.08 bits per heavy atom. The molecule has 4 heterocycles. The summed E-state index contributed by atoms with van der Waals surface area (Å²) >= 11 is 1.95. The molecule has 0 bridgehead atoms. The summed E-state index contributed by atoms with van der Waals surface area (Å²) in [6, 6.07) is 4.56. The van der Waals surface area contributed by atoms with Gasteiger partial charge in [-0.3, -0.25) is 9.80 Å². The Balaban J connectivity index is 1.34. The van der Waals surface area contributed by atoms with E-state index in [0.29, 0.717) is 6.10 Å². The van der Waals surface area contributed by atoms with Gasteiger partial charge in [-0.2, -0.15) is 0 Å². The Hall–Kier alpha value is -0.500. The lowest BCUT2D eigenvalue weighted by Crippen LogP contribution is -2.46. The van der Waals surface area contributed by atoms with Crippen LogP contribution in [0.3, 0.4) is 0 Å². The van der Waals surface area contributed by atoms with Gasteiger partial charge in [-0.25, -0.2) is 0 Å². The van der Waals surface area contributed by atoms with Gasteiger partial charge in [-0.05, 0) is 31.4 Å². The molecule has 1 aromatic rings. The van der Waals surface area contributed by atoms with Crippen molar-refractivity contribution in [3.63, 3.8) is 0 Å². The van der Waals surface area contributed by atoms with Crippen molar-refractivity contribution < 1.29 is 14.2 Å². The number of aryl methyl sites for hydroxylation is 1. The van der Waals surface area contributed by atoms with Gasteiger partial charge in [-0.1, -0.05) is 6.92 Å². The first kappa shape index (κ1) is 18.8. The van der Waals surface area contributed by atoms with Crippen molar-refractivity contribution >= 4 is 11.3 Å². The SMILES string of the molecule is CCc1ccc(CN2CCOC[C@@]3(CC[C@H](CN4CCOCC4)O3)C2)s1. The zero-order valence-corrected chi connectivity index (χ0v) is 16.8. The first-order valence-corrected chi connectivity index (χ1v) is 10.9. The Kier molecular flexibility index (Phi) is 6.29. The van der Waals surface area contributed by atoms with E-state index in [1.54, 1.807) is 0 Å². The second-order valence-corrected chi connectivity index (χ2v) is 9.11. The van der Waals surface area contributed by atoms with Crippen LogP contribution in [0.5, 0.6) is 0 Å². The molecule has 3 aliphatic heterocycles. The second-order valence-electron chi connectivity index (χ2n) is 7.86. The van der Waals surface area contributed by atoms with E-state index in [1.807, 2.05) is 11.3 Å². The number of morpholine rings is 1. The van der Waals surface area contributed by atoms with Gasteiger partial charge >= 0.3 is 0 Å². The minimum absolute atomic E-state index is 0.113. The van der Waals surface area contributed by atoms with Gasteiger partial charge in [0.15, 0.2) is 0 Å². The van der Waals surface area contributed by atoms with E-state index in [9.17, 15) is 0 Å². The number of nitrogens with zero attached hydrogens (tertiary/aromatic N) is 2. The van der Waals surface area contributed by atoms with Crippen LogP contribution in [-0.2, 0) is 27.2 Å². The van der Waals surface area contributed by atoms with Crippen LogP contribution in [-0.4, -0.2) is 80.7 Å². The van der Waals surface area contributed by atoms with Gasteiger partial charge in [0, 0.05) is 49.0 Å². The third-order valence-corrected chi connectivity index (χ3v) is 6.99. The molecular weight excluding hydrogens is 348 g/mol. The standard InChI is InChI=1S/C20H32N2O3S/c1-2-18-3-4-19(26-18)14-22-9-12-24-16-20(15-22)6-5-17(25-20)13-21-7-10-23-11-8-21/h3-4,17H,2,5-16H2,1H3/t17-,20-/m1/s1. The molecule has 0 aliphatic carbocycles. The molecule has 0 amide bonds. The van der Waals surface area contributed by atoms with Gasteiger partial charge < -0.3 is 14.2 Å². The highest BCUT2D eigenvalue weighted by molar-refractivity contribution is 7.11. The molecule has 4 rings (SSSR count). The lowest BCUT2D eigenvalue weighted by Gasteiger charge is -2.33. The molecule has 2 atom stereocenters. The molecule has 1 aromatic heterocycles. The summed E-state index contributed by atoms with van der Waals surface area (Å²) in [7, 11) is 0. The zero-order chi connectivity index (χ0) is 17.8. The van der Waals surface area contributed by atoms with Crippen LogP contribution in [0.2, 0.25) is 0 Å². The molecule has 0 radical (unpaired) electrons. The molecule has 0 N–H and O–H groups in total. The van der Waals surface area contributed by atoms with Crippen LogP contribution in [0.15, 0.2) is 12.1 Å². The lowest BCUT2D eigenvalue weighted by molar-refractivity contribution is -0.0966. The molecule has 146 valence electrons. The third-order valence-electron chi connectivity index (χ3n) is 5.78. The van der Waals surface area contributed by atoms with Gasteiger partial charge in [-0.15, -0.1) is 11.3 Å². The van der Waals surface area contributed by atoms with E-state index < -0.39 is 0 Å². The molecule has 3 aliphatic rings. The second kappa shape index (κ2) is 8.67. The first-order valence-electron chi connectivity index (χ1n) is 10.1. The fraction of sp³-hybridized carbons (Fsp3) is 0.800. The fourth-order valence-electron chi connectivity index (χ4n) is 4.35. The predicted molar refractivity (Wildman–Crippen MR) is 104 cm³/mol. The third kappa shape index (κ3) is 4.66. The van der Waals surface area contributed by atoms with Crippen LogP contribution >= 0.6 is 11.3 Å². The molecule has 0 aromatic carbocycles. The van der Waals surface area contributed by atoms with Gasteiger partial charge in [0.1, 0.15) is 5.60 Å². The Labute approximate surface area is 161 Å². The zero-order valence-electron chi connectivity index (χ0n) is 16.0. The number of rotatable bonds is 5. The molecule has 3 fully saturated rings. The monoisotopic (exact) mass is 380 g/mol. The van der Waals surface area contributed by atoms with Crippen molar-refractivity contribution in [2.45, 2.75) is 44.4 Å². The van der Waals surface area contributed by atoms with Crippen LogP contribution in [0.4, 0.5) is 0 Å². The maximum atomic E-state index is 6.62. The minimum Gasteiger partial charge on any atom is -0.379 e. The van der Waals surface area contributed by atoms with E-state index in [4.69, 9.17) is 14.2 Å². The highest BCUT2D eigenvalue weighted by Crippen LogP contribution is 2.34. The van der Waals surface area contributed by atoms with Crippen LogP contribution in [0, 0.1) is 0 Å². The van der Waals surface area contributed by atoms with Gasteiger partial charge in [0.2, 0.25) is 0 Å². The van der Waals surface area contributed by atoms with E-state index in [-0.39, 0.29) is 5.60 Å². The Morgan fingerprint density at radius 2 is 1.85 bits per heavy atom. The molecule has 0 saturated carbocycles. The Bertz CT molecular complexity index is 575. The number of hydrogen-bond acceptors (Lipinski definition) is 6. The van der Waals surface area contributed by atoms with Gasteiger partial charge in [0.05, 0.1) is 32.5 Å². The van der Waals surface area contributed by atoms with E-state index in [1.165, 1.54) is 9.75 Å². The first-order chi connectivity index (χ1) is 12.7. The van der Waals surface area contributed by atoms with Crippen molar-refractivity contribution in [1.29, 1.82) is 0 Å².